The molecule has 0 bridgehead atoms. The Bertz CT molecular complexity index is 618. The van der Waals surface area contributed by atoms with Crippen LogP contribution >= 0.6 is 10.7 Å². The normalized spacial score (nSPS) is 13.1. The van der Waals surface area contributed by atoms with Gasteiger partial charge in [0.15, 0.2) is 0 Å². The Balaban J connectivity index is 3.11. The first-order valence-electron chi connectivity index (χ1n) is 5.72. The second kappa shape index (κ2) is 6.51. The van der Waals surface area contributed by atoms with Gasteiger partial charge >= 0.3 is 0 Å². The standard InChI is InChI=1S/C12H15ClFNO4S/c1-7-4-9(20(13,17)18)5-10(11(7)14)12(16)15-6-8(2)19-3/h4-5,8H,6H2,1-3H3,(H,15,16). The monoisotopic (exact) mass is 323 g/mol. The molecule has 5 nitrogen and oxygen atoms in total. The summed E-state index contributed by atoms with van der Waals surface area (Å²) in [5, 5.41) is 2.45. The zero-order chi connectivity index (χ0) is 15.5. The van der Waals surface area contributed by atoms with Crippen LogP contribution < -0.4 is 5.32 Å². The Hall–Kier alpha value is -1.18. The van der Waals surface area contributed by atoms with Crippen LogP contribution in [-0.4, -0.2) is 34.1 Å². The topological polar surface area (TPSA) is 72.5 Å². The summed E-state index contributed by atoms with van der Waals surface area (Å²) in [6, 6.07) is 1.99. The van der Waals surface area contributed by atoms with Gasteiger partial charge in [-0.3, -0.25) is 4.79 Å². The lowest BCUT2D eigenvalue weighted by molar-refractivity contribution is 0.0866. The maximum atomic E-state index is 13.9. The molecule has 1 N–H and O–H groups in total. The molecule has 0 aromatic heterocycles. The highest BCUT2D eigenvalue weighted by Gasteiger charge is 2.20. The van der Waals surface area contributed by atoms with Crippen LogP contribution in [0.5, 0.6) is 0 Å². The largest absolute Gasteiger partial charge is 0.380 e. The van der Waals surface area contributed by atoms with Crippen LogP contribution in [0.25, 0.3) is 0 Å². The average Bonchev–Trinajstić information content (AvgIpc) is 2.37. The Labute approximate surface area is 121 Å². The number of methoxy groups -OCH3 is 1. The molecule has 1 amide bonds. The predicted octanol–water partition coefficient (Wildman–Crippen LogP) is 1.83. The van der Waals surface area contributed by atoms with Gasteiger partial charge in [0, 0.05) is 24.3 Å². The first-order chi connectivity index (χ1) is 9.16. The van der Waals surface area contributed by atoms with Crippen LogP contribution in [0.1, 0.15) is 22.8 Å². The molecule has 1 unspecified atom stereocenters. The number of amides is 1. The van der Waals surface area contributed by atoms with Crippen molar-refractivity contribution in [3.8, 4) is 0 Å². The molecule has 8 heteroatoms. The number of hydrogen-bond acceptors (Lipinski definition) is 4. The first-order valence-corrected chi connectivity index (χ1v) is 8.03. The van der Waals surface area contributed by atoms with Gasteiger partial charge in [-0.1, -0.05) is 0 Å². The highest BCUT2D eigenvalue weighted by molar-refractivity contribution is 8.13. The molecule has 0 aliphatic rings. The van der Waals surface area contributed by atoms with E-state index in [0.29, 0.717) is 0 Å². The SMILES string of the molecule is COC(C)CNC(=O)c1cc(S(=O)(=O)Cl)cc(C)c1F. The van der Waals surface area contributed by atoms with Gasteiger partial charge in [0.05, 0.1) is 16.6 Å². The maximum Gasteiger partial charge on any atom is 0.261 e. The summed E-state index contributed by atoms with van der Waals surface area (Å²) in [7, 11) is 2.65. The molecule has 0 heterocycles. The fourth-order valence-corrected chi connectivity index (χ4v) is 2.30. The molecule has 0 spiro atoms. The third kappa shape index (κ3) is 4.16. The smallest absolute Gasteiger partial charge is 0.261 e. The van der Waals surface area contributed by atoms with Crippen LogP contribution in [0.2, 0.25) is 0 Å². The number of halogens is 2. The molecule has 0 saturated carbocycles. The molecular formula is C12H15ClFNO4S. The molecule has 20 heavy (non-hydrogen) atoms. The van der Waals surface area contributed by atoms with E-state index in [1.807, 2.05) is 0 Å². The summed E-state index contributed by atoms with van der Waals surface area (Å²) in [4.78, 5) is 11.6. The Kier molecular flexibility index (Phi) is 5.50. The number of carbonyl (C=O) groups is 1. The van der Waals surface area contributed by atoms with Crippen molar-refractivity contribution in [2.24, 2.45) is 0 Å². The molecule has 1 atom stereocenters. The molecule has 0 aliphatic carbocycles. The molecule has 1 aromatic rings. The van der Waals surface area contributed by atoms with E-state index in [1.165, 1.54) is 14.0 Å². The van der Waals surface area contributed by atoms with Crippen molar-refractivity contribution in [1.82, 2.24) is 5.32 Å². The minimum absolute atomic E-state index is 0.0247. The van der Waals surface area contributed by atoms with Crippen molar-refractivity contribution in [2.45, 2.75) is 24.8 Å². The van der Waals surface area contributed by atoms with Crippen LogP contribution in [0.4, 0.5) is 4.39 Å². The summed E-state index contributed by atoms with van der Waals surface area (Å²) >= 11 is 0. The molecule has 1 aromatic carbocycles. The van der Waals surface area contributed by atoms with E-state index < -0.39 is 20.8 Å². The predicted molar refractivity (Wildman–Crippen MR) is 73.0 cm³/mol. The van der Waals surface area contributed by atoms with E-state index in [9.17, 15) is 17.6 Å². The number of rotatable bonds is 5. The van der Waals surface area contributed by atoms with Crippen molar-refractivity contribution in [1.29, 1.82) is 0 Å². The number of aryl methyl sites for hydroxylation is 1. The lowest BCUT2D eigenvalue weighted by Crippen LogP contribution is -2.32. The van der Waals surface area contributed by atoms with Gasteiger partial charge in [-0.05, 0) is 31.5 Å². The van der Waals surface area contributed by atoms with E-state index in [2.05, 4.69) is 5.32 Å². The lowest BCUT2D eigenvalue weighted by Gasteiger charge is -2.12. The van der Waals surface area contributed by atoms with Gasteiger partial charge < -0.3 is 10.1 Å². The molecule has 0 aliphatic heterocycles. The zero-order valence-electron chi connectivity index (χ0n) is 11.2. The van der Waals surface area contributed by atoms with Crippen LogP contribution in [0.3, 0.4) is 0 Å². The highest BCUT2D eigenvalue weighted by Crippen LogP contribution is 2.22. The maximum absolute atomic E-state index is 13.9. The Morgan fingerprint density at radius 2 is 2.10 bits per heavy atom. The van der Waals surface area contributed by atoms with Crippen molar-refractivity contribution in [3.63, 3.8) is 0 Å². The second-order valence-electron chi connectivity index (χ2n) is 4.30. The molecule has 1 rings (SSSR count). The first kappa shape index (κ1) is 16.9. The summed E-state index contributed by atoms with van der Waals surface area (Å²) in [6.45, 7) is 3.25. The molecule has 0 saturated heterocycles. The molecule has 112 valence electrons. The number of nitrogens with one attached hydrogen (secondary N) is 1. The fraction of sp³-hybridized carbons (Fsp3) is 0.417. The van der Waals surface area contributed by atoms with Crippen LogP contribution in [0.15, 0.2) is 17.0 Å². The molecular weight excluding hydrogens is 309 g/mol. The van der Waals surface area contributed by atoms with E-state index >= 15 is 0 Å². The third-order valence-electron chi connectivity index (χ3n) is 2.71. The van der Waals surface area contributed by atoms with E-state index in [1.54, 1.807) is 6.92 Å². The summed E-state index contributed by atoms with van der Waals surface area (Å²) in [6.07, 6.45) is -0.247. The average molecular weight is 324 g/mol. The minimum atomic E-state index is -4.03. The zero-order valence-corrected chi connectivity index (χ0v) is 12.8. The van der Waals surface area contributed by atoms with Gasteiger partial charge in [0.25, 0.3) is 15.0 Å². The second-order valence-corrected chi connectivity index (χ2v) is 6.86. The molecule has 0 radical (unpaired) electrons. The fourth-order valence-electron chi connectivity index (χ4n) is 1.46. The van der Waals surface area contributed by atoms with E-state index in [0.717, 1.165) is 12.1 Å². The van der Waals surface area contributed by atoms with Crippen molar-refractivity contribution < 1.29 is 22.3 Å². The van der Waals surface area contributed by atoms with Crippen molar-refractivity contribution >= 4 is 25.6 Å². The van der Waals surface area contributed by atoms with Gasteiger partial charge in [-0.2, -0.15) is 0 Å². The van der Waals surface area contributed by atoms with Gasteiger partial charge in [0.2, 0.25) is 0 Å². The summed E-state index contributed by atoms with van der Waals surface area (Å²) < 4.78 is 41.4. The van der Waals surface area contributed by atoms with Gasteiger partial charge in [-0.15, -0.1) is 0 Å². The summed E-state index contributed by atoms with van der Waals surface area (Å²) in [5.41, 5.74) is -0.343. The number of benzene rings is 1. The van der Waals surface area contributed by atoms with E-state index in [-0.39, 0.29) is 28.7 Å². The van der Waals surface area contributed by atoms with E-state index in [4.69, 9.17) is 15.4 Å². The van der Waals surface area contributed by atoms with Crippen LogP contribution in [-0.2, 0) is 13.8 Å². The molecule has 0 fully saturated rings. The van der Waals surface area contributed by atoms with Crippen molar-refractivity contribution in [3.05, 3.63) is 29.1 Å². The quantitative estimate of drug-likeness (QED) is 0.839. The minimum Gasteiger partial charge on any atom is -0.380 e. The van der Waals surface area contributed by atoms with Gasteiger partial charge in [-0.25, -0.2) is 12.8 Å². The van der Waals surface area contributed by atoms with Gasteiger partial charge in [0.1, 0.15) is 5.82 Å². The Morgan fingerprint density at radius 3 is 2.60 bits per heavy atom. The number of hydrogen-bond donors (Lipinski definition) is 1. The highest BCUT2D eigenvalue weighted by atomic mass is 35.7. The van der Waals surface area contributed by atoms with Crippen LogP contribution in [0, 0.1) is 12.7 Å². The summed E-state index contributed by atoms with van der Waals surface area (Å²) in [5.74, 6) is -1.51. The van der Waals surface area contributed by atoms with Crippen molar-refractivity contribution in [2.75, 3.05) is 13.7 Å². The number of carbonyl (C=O) groups excluding carboxylic acids is 1. The number of ether oxygens (including phenoxy) is 1. The third-order valence-corrected chi connectivity index (χ3v) is 4.04. The Morgan fingerprint density at radius 1 is 1.50 bits per heavy atom. The lowest BCUT2D eigenvalue weighted by atomic mass is 10.1.